The number of hydrogen-bond acceptors (Lipinski definition) is 7. The van der Waals surface area contributed by atoms with Gasteiger partial charge in [-0.1, -0.05) is 0 Å². The molecule has 11 heteroatoms. The number of ether oxygens (including phenoxy) is 1. The molecule has 172 valence electrons. The minimum Gasteiger partial charge on any atom is -0.390 e. The largest absolute Gasteiger partial charge is 0.390 e. The molecule has 2 bridgehead atoms. The third kappa shape index (κ3) is 4.75. The van der Waals surface area contributed by atoms with Crippen molar-refractivity contribution in [1.82, 2.24) is 14.9 Å². The molecule has 0 saturated carbocycles. The van der Waals surface area contributed by atoms with Crippen molar-refractivity contribution in [3.8, 4) is 6.07 Å². The molecular weight excluding hydrogens is 432 g/mol. The Balaban J connectivity index is 1.34. The van der Waals surface area contributed by atoms with Crippen LogP contribution in [0, 0.1) is 11.3 Å². The molecule has 2 aromatic rings. The zero-order valence-electron chi connectivity index (χ0n) is 17.8. The van der Waals surface area contributed by atoms with Crippen molar-refractivity contribution in [2.24, 2.45) is 10.7 Å². The fourth-order valence-electron chi connectivity index (χ4n) is 4.38. The molecule has 0 radical (unpaired) electrons. The number of nitrogens with two attached hydrogens (primary N) is 1. The average molecular weight is 455 g/mol. The van der Waals surface area contributed by atoms with Gasteiger partial charge in [0.1, 0.15) is 25.1 Å². The molecule has 4 rings (SSSR count). The summed E-state index contributed by atoms with van der Waals surface area (Å²) in [5.41, 5.74) is 5.28. The van der Waals surface area contributed by atoms with Gasteiger partial charge in [-0.3, -0.25) is 4.79 Å². The van der Waals surface area contributed by atoms with Gasteiger partial charge in [0, 0.05) is 37.6 Å². The van der Waals surface area contributed by atoms with E-state index in [0.29, 0.717) is 18.7 Å². The highest BCUT2D eigenvalue weighted by Gasteiger charge is 2.42. The van der Waals surface area contributed by atoms with Gasteiger partial charge in [0.2, 0.25) is 5.91 Å². The van der Waals surface area contributed by atoms with Crippen molar-refractivity contribution in [1.29, 1.82) is 5.26 Å². The fourth-order valence-corrected chi connectivity index (χ4v) is 4.38. The van der Waals surface area contributed by atoms with E-state index >= 15 is 0 Å². The van der Waals surface area contributed by atoms with E-state index in [1.54, 1.807) is 11.0 Å². The smallest absolute Gasteiger partial charge is 0.299 e. The summed E-state index contributed by atoms with van der Waals surface area (Å²) in [7, 11) is 0. The molecule has 0 aliphatic carbocycles. The Morgan fingerprint density at radius 3 is 2.70 bits per heavy atom. The van der Waals surface area contributed by atoms with E-state index in [0.717, 1.165) is 25.0 Å². The van der Waals surface area contributed by atoms with Gasteiger partial charge in [0.15, 0.2) is 5.82 Å². The summed E-state index contributed by atoms with van der Waals surface area (Å²) in [5.74, 6) is -3.13. The lowest BCUT2D eigenvalue weighted by Crippen LogP contribution is -2.56. The molecule has 4 heterocycles. The summed E-state index contributed by atoms with van der Waals surface area (Å²) in [6, 6.07) is 8.34. The van der Waals surface area contributed by atoms with Crippen molar-refractivity contribution in [2.75, 3.05) is 31.2 Å². The number of halogens is 2. The Bertz CT molecular complexity index is 1060. The third-order valence-corrected chi connectivity index (χ3v) is 5.86. The minimum absolute atomic E-state index is 0.0849. The Kier molecular flexibility index (Phi) is 6.46. The van der Waals surface area contributed by atoms with Gasteiger partial charge in [-0.2, -0.15) is 14.0 Å². The minimum atomic E-state index is -3.38. The Morgan fingerprint density at radius 1 is 1.30 bits per heavy atom. The number of carbonyl (C=O) groups is 1. The Hall–Kier alpha value is -3.65. The number of anilines is 1. The maximum Gasteiger partial charge on any atom is 0.299 e. The predicted octanol–water partition coefficient (Wildman–Crippen LogP) is 1.95. The monoisotopic (exact) mass is 455 g/mol. The summed E-state index contributed by atoms with van der Waals surface area (Å²) in [5, 5.41) is 8.95. The van der Waals surface area contributed by atoms with Crippen LogP contribution in [0.2, 0.25) is 0 Å². The summed E-state index contributed by atoms with van der Waals surface area (Å²) >= 11 is 0. The molecule has 2 atom stereocenters. The number of alkyl halides is 2. The number of fused-ring (bicyclic) bond motifs is 2. The molecule has 2 unspecified atom stereocenters. The molecule has 2 aliphatic heterocycles. The lowest BCUT2D eigenvalue weighted by molar-refractivity contribution is -0.142. The first-order chi connectivity index (χ1) is 15.9. The van der Waals surface area contributed by atoms with Crippen LogP contribution in [0.4, 0.5) is 20.4 Å². The van der Waals surface area contributed by atoms with Gasteiger partial charge in [-0.25, -0.2) is 15.0 Å². The standard InChI is InChI=1S/C22H23F2N7O2/c23-22(24,18-2-1-7-27-21(18)29-14-26)13-33-12-20(32)30-10-16-4-5-17(11-30)31(16)19-6-3-15(8-25)9-28-19/h1-3,6-7,9,14,16-17H,4-5,10-13H2,(H2,26,27,29). The zero-order valence-corrected chi connectivity index (χ0v) is 17.8. The molecule has 2 aromatic heterocycles. The first kappa shape index (κ1) is 22.5. The van der Waals surface area contributed by atoms with E-state index < -0.39 is 24.7 Å². The molecule has 9 nitrogen and oxygen atoms in total. The summed E-state index contributed by atoms with van der Waals surface area (Å²) in [6.45, 7) is -0.483. The number of nitriles is 1. The molecule has 2 fully saturated rings. The number of rotatable bonds is 7. The number of aliphatic imine (C=N–C) groups is 1. The van der Waals surface area contributed by atoms with E-state index in [4.69, 9.17) is 15.7 Å². The van der Waals surface area contributed by atoms with E-state index in [-0.39, 0.29) is 23.8 Å². The van der Waals surface area contributed by atoms with Crippen LogP contribution >= 0.6 is 0 Å². The highest BCUT2D eigenvalue weighted by molar-refractivity contribution is 5.78. The highest BCUT2D eigenvalue weighted by Crippen LogP contribution is 2.35. The van der Waals surface area contributed by atoms with Gasteiger partial charge < -0.3 is 20.3 Å². The second-order valence-electron chi connectivity index (χ2n) is 7.96. The topological polar surface area (TPSA) is 121 Å². The van der Waals surface area contributed by atoms with Gasteiger partial charge >= 0.3 is 0 Å². The summed E-state index contributed by atoms with van der Waals surface area (Å²) < 4.78 is 34.4. The van der Waals surface area contributed by atoms with Gasteiger partial charge in [-0.05, 0) is 37.1 Å². The highest BCUT2D eigenvalue weighted by atomic mass is 19.3. The lowest BCUT2D eigenvalue weighted by Gasteiger charge is -2.41. The summed E-state index contributed by atoms with van der Waals surface area (Å²) in [6.07, 6.45) is 5.58. The maximum absolute atomic E-state index is 14.6. The molecule has 33 heavy (non-hydrogen) atoms. The number of carbonyl (C=O) groups excluding carboxylic acids is 1. The predicted molar refractivity (Wildman–Crippen MR) is 116 cm³/mol. The van der Waals surface area contributed by atoms with Crippen molar-refractivity contribution >= 4 is 23.9 Å². The molecule has 0 aromatic carbocycles. The number of amides is 1. The number of piperazine rings is 1. The van der Waals surface area contributed by atoms with Crippen molar-refractivity contribution in [3.05, 3.63) is 47.8 Å². The van der Waals surface area contributed by atoms with Crippen LogP contribution in [0.5, 0.6) is 0 Å². The maximum atomic E-state index is 14.6. The number of pyridine rings is 2. The van der Waals surface area contributed by atoms with Crippen molar-refractivity contribution < 1.29 is 18.3 Å². The van der Waals surface area contributed by atoms with E-state index in [1.807, 2.05) is 12.1 Å². The second kappa shape index (κ2) is 9.46. The quantitative estimate of drug-likeness (QED) is 0.500. The molecule has 2 saturated heterocycles. The van der Waals surface area contributed by atoms with Crippen LogP contribution in [-0.2, 0) is 15.5 Å². The van der Waals surface area contributed by atoms with Crippen molar-refractivity contribution in [3.63, 3.8) is 0 Å². The SMILES string of the molecule is N#Cc1ccc(N2C3CCC2CN(C(=O)COCC(F)(F)c2cccnc2N=CN)C3)nc1. The number of nitrogens with zero attached hydrogens (tertiary/aromatic N) is 6. The third-order valence-electron chi connectivity index (χ3n) is 5.86. The lowest BCUT2D eigenvalue weighted by atomic mass is 10.1. The van der Waals surface area contributed by atoms with Crippen LogP contribution in [0.1, 0.15) is 24.0 Å². The first-order valence-corrected chi connectivity index (χ1v) is 10.5. The number of likely N-dealkylation sites (tertiary alicyclic amines) is 1. The van der Waals surface area contributed by atoms with E-state index in [1.165, 1.54) is 24.5 Å². The molecule has 0 spiro atoms. The molecule has 2 aliphatic rings. The summed E-state index contributed by atoms with van der Waals surface area (Å²) in [4.78, 5) is 28.4. The van der Waals surface area contributed by atoms with Crippen LogP contribution in [0.15, 0.2) is 41.7 Å². The van der Waals surface area contributed by atoms with Gasteiger partial charge in [0.05, 0.1) is 17.5 Å². The Labute approximate surface area is 189 Å². The first-order valence-electron chi connectivity index (χ1n) is 10.5. The average Bonchev–Trinajstić information content (AvgIpc) is 3.08. The molecular formula is C22H23F2N7O2. The van der Waals surface area contributed by atoms with Crippen molar-refractivity contribution in [2.45, 2.75) is 30.8 Å². The van der Waals surface area contributed by atoms with Crippen LogP contribution in [0.3, 0.4) is 0 Å². The van der Waals surface area contributed by atoms with Gasteiger partial charge in [0.25, 0.3) is 5.92 Å². The van der Waals surface area contributed by atoms with Crippen LogP contribution < -0.4 is 10.6 Å². The molecule has 1 amide bonds. The number of aromatic nitrogens is 2. The fraction of sp³-hybridized carbons (Fsp3) is 0.409. The van der Waals surface area contributed by atoms with Crippen LogP contribution in [-0.4, -0.2) is 65.5 Å². The van der Waals surface area contributed by atoms with Crippen LogP contribution in [0.25, 0.3) is 0 Å². The van der Waals surface area contributed by atoms with Gasteiger partial charge in [-0.15, -0.1) is 0 Å². The zero-order chi connectivity index (χ0) is 23.4. The van der Waals surface area contributed by atoms with E-state index in [2.05, 4.69) is 19.9 Å². The normalized spacial score (nSPS) is 20.3. The number of hydrogen-bond donors (Lipinski definition) is 1. The van der Waals surface area contributed by atoms with E-state index in [9.17, 15) is 13.6 Å². The Morgan fingerprint density at radius 2 is 2.06 bits per heavy atom. The second-order valence-corrected chi connectivity index (χ2v) is 7.96. The molecule has 2 N–H and O–H groups in total.